The third kappa shape index (κ3) is 7.98. The number of carbonyl (C=O) groups excluding carboxylic acids is 1. The fourth-order valence-corrected chi connectivity index (χ4v) is 6.05. The highest BCUT2D eigenvalue weighted by Gasteiger charge is 2.33. The van der Waals surface area contributed by atoms with Crippen LogP contribution in [0.1, 0.15) is 27.9 Å². The number of benzene rings is 3. The number of carbonyl (C=O) groups is 1. The fourth-order valence-electron chi connectivity index (χ4n) is 4.40. The van der Waals surface area contributed by atoms with Crippen LogP contribution in [-0.4, -0.2) is 57.9 Å². The van der Waals surface area contributed by atoms with Gasteiger partial charge in [0.25, 0.3) is 5.91 Å². The number of rotatable bonds is 10. The van der Waals surface area contributed by atoms with Gasteiger partial charge in [-0.15, -0.1) is 0 Å². The predicted octanol–water partition coefficient (Wildman–Crippen LogP) is 4.56. The molecule has 1 aliphatic heterocycles. The Bertz CT molecular complexity index is 1440. The summed E-state index contributed by atoms with van der Waals surface area (Å²) in [6.45, 7) is 2.70. The predicted molar refractivity (Wildman–Crippen MR) is 154 cm³/mol. The molecular formula is C28H31ClF3N5O3S. The summed E-state index contributed by atoms with van der Waals surface area (Å²) < 4.78 is 67.3. The molecule has 13 heteroatoms. The van der Waals surface area contributed by atoms with Gasteiger partial charge in [0.05, 0.1) is 10.5 Å². The summed E-state index contributed by atoms with van der Waals surface area (Å²) in [5, 5.41) is 6.00. The molecule has 1 amide bonds. The van der Waals surface area contributed by atoms with Gasteiger partial charge >= 0.3 is 6.18 Å². The number of alkyl halides is 3. The molecule has 1 aliphatic rings. The Balaban J connectivity index is 1.34. The Morgan fingerprint density at radius 2 is 1.61 bits per heavy atom. The minimum Gasteiger partial charge on any atom is -0.369 e. The lowest BCUT2D eigenvalue weighted by Gasteiger charge is -2.35. The number of hydrogen-bond acceptors (Lipinski definition) is 6. The Kier molecular flexibility index (Phi) is 9.92. The molecule has 220 valence electrons. The van der Waals surface area contributed by atoms with Crippen LogP contribution in [-0.2, 0) is 22.7 Å². The standard InChI is InChI=1S/C28H31ClF3N5O3S/c29-23-16-22(28(30,31)32)17-25(18-23)36-12-14-37(15-13-36)41(39,40)26-8-6-24(7-9-26)35-27(38)21-4-2-20(3-5-21)19-34-11-1-10-33/h2-9,16-18,34H,1,10-15,19,33H2,(H,35,38). The van der Waals surface area contributed by atoms with Crippen molar-refractivity contribution < 1.29 is 26.4 Å². The van der Waals surface area contributed by atoms with Crippen LogP contribution in [0.25, 0.3) is 0 Å². The van der Waals surface area contributed by atoms with E-state index in [-0.39, 0.29) is 47.7 Å². The summed E-state index contributed by atoms with van der Waals surface area (Å²) in [6.07, 6.45) is -3.65. The van der Waals surface area contributed by atoms with Crippen molar-refractivity contribution in [1.82, 2.24) is 9.62 Å². The molecule has 1 fully saturated rings. The summed E-state index contributed by atoms with van der Waals surface area (Å²) in [7, 11) is -3.85. The summed E-state index contributed by atoms with van der Waals surface area (Å²) >= 11 is 5.90. The quantitative estimate of drug-likeness (QED) is 0.291. The monoisotopic (exact) mass is 609 g/mol. The first-order valence-electron chi connectivity index (χ1n) is 13.0. The van der Waals surface area contributed by atoms with Crippen molar-refractivity contribution >= 4 is 38.9 Å². The van der Waals surface area contributed by atoms with Gasteiger partial charge in [-0.25, -0.2) is 8.42 Å². The molecule has 0 bridgehead atoms. The molecule has 3 aromatic carbocycles. The van der Waals surface area contributed by atoms with E-state index in [2.05, 4.69) is 10.6 Å². The van der Waals surface area contributed by atoms with Crippen molar-refractivity contribution in [2.75, 3.05) is 49.5 Å². The van der Waals surface area contributed by atoms with Crippen molar-refractivity contribution in [3.63, 3.8) is 0 Å². The lowest BCUT2D eigenvalue weighted by Crippen LogP contribution is -2.48. The lowest BCUT2D eigenvalue weighted by atomic mass is 10.1. The molecule has 0 atom stereocenters. The number of nitrogens with two attached hydrogens (primary N) is 1. The van der Waals surface area contributed by atoms with Gasteiger partial charge in [-0.2, -0.15) is 17.5 Å². The summed E-state index contributed by atoms with van der Waals surface area (Å²) in [5.41, 5.74) is 6.85. The van der Waals surface area contributed by atoms with E-state index in [1.54, 1.807) is 17.0 Å². The SMILES string of the molecule is NCCCNCc1ccc(C(=O)Nc2ccc(S(=O)(=O)N3CCN(c4cc(Cl)cc(C(F)(F)F)c4)CC3)cc2)cc1. The van der Waals surface area contributed by atoms with Gasteiger partial charge in [0, 0.05) is 54.7 Å². The van der Waals surface area contributed by atoms with Crippen molar-refractivity contribution in [2.45, 2.75) is 24.0 Å². The van der Waals surface area contributed by atoms with E-state index in [0.717, 1.165) is 30.7 Å². The first kappa shape index (κ1) is 30.8. The van der Waals surface area contributed by atoms with Crippen LogP contribution in [0.2, 0.25) is 5.02 Å². The highest BCUT2D eigenvalue weighted by Crippen LogP contribution is 2.35. The number of sulfonamides is 1. The van der Waals surface area contributed by atoms with Crippen LogP contribution < -0.4 is 21.3 Å². The molecule has 1 saturated heterocycles. The molecule has 4 rings (SSSR count). The smallest absolute Gasteiger partial charge is 0.369 e. The highest BCUT2D eigenvalue weighted by atomic mass is 35.5. The second kappa shape index (κ2) is 13.2. The van der Waals surface area contributed by atoms with E-state index in [4.69, 9.17) is 17.3 Å². The molecule has 8 nitrogen and oxygen atoms in total. The van der Waals surface area contributed by atoms with Crippen molar-refractivity contribution in [3.05, 3.63) is 88.4 Å². The minimum atomic E-state index is -4.54. The summed E-state index contributed by atoms with van der Waals surface area (Å²) in [6, 6.07) is 16.3. The normalized spacial score (nSPS) is 14.7. The average Bonchev–Trinajstić information content (AvgIpc) is 2.95. The molecule has 0 aromatic heterocycles. The molecule has 3 aromatic rings. The summed E-state index contributed by atoms with van der Waals surface area (Å²) in [5.74, 6) is -0.325. The average molecular weight is 610 g/mol. The van der Waals surface area contributed by atoms with E-state index in [1.807, 2.05) is 12.1 Å². The minimum absolute atomic E-state index is 0.0413. The van der Waals surface area contributed by atoms with E-state index in [9.17, 15) is 26.4 Å². The molecule has 1 heterocycles. The summed E-state index contributed by atoms with van der Waals surface area (Å²) in [4.78, 5) is 14.4. The lowest BCUT2D eigenvalue weighted by molar-refractivity contribution is -0.137. The van der Waals surface area contributed by atoms with Gasteiger partial charge < -0.3 is 21.3 Å². The number of piperazine rings is 1. The topological polar surface area (TPSA) is 108 Å². The Morgan fingerprint density at radius 1 is 0.951 bits per heavy atom. The van der Waals surface area contributed by atoms with E-state index in [1.165, 1.54) is 34.6 Å². The molecule has 0 radical (unpaired) electrons. The van der Waals surface area contributed by atoms with Gasteiger partial charge in [-0.3, -0.25) is 4.79 Å². The van der Waals surface area contributed by atoms with Crippen LogP contribution in [0.3, 0.4) is 0 Å². The van der Waals surface area contributed by atoms with Crippen LogP contribution in [0.5, 0.6) is 0 Å². The molecule has 0 saturated carbocycles. The second-order valence-electron chi connectivity index (χ2n) is 9.58. The maximum Gasteiger partial charge on any atom is 0.416 e. The molecule has 0 unspecified atom stereocenters. The number of nitrogens with one attached hydrogen (secondary N) is 2. The van der Waals surface area contributed by atoms with Gasteiger partial charge in [0.2, 0.25) is 10.0 Å². The van der Waals surface area contributed by atoms with Gasteiger partial charge in [0.15, 0.2) is 0 Å². The zero-order valence-electron chi connectivity index (χ0n) is 22.1. The Morgan fingerprint density at radius 3 is 2.22 bits per heavy atom. The first-order valence-corrected chi connectivity index (χ1v) is 14.8. The van der Waals surface area contributed by atoms with Crippen LogP contribution in [0.15, 0.2) is 71.6 Å². The number of anilines is 2. The first-order chi connectivity index (χ1) is 19.5. The Labute approximate surface area is 242 Å². The van der Waals surface area contributed by atoms with E-state index in [0.29, 0.717) is 24.3 Å². The molecule has 41 heavy (non-hydrogen) atoms. The highest BCUT2D eigenvalue weighted by molar-refractivity contribution is 7.89. The van der Waals surface area contributed by atoms with Crippen LogP contribution in [0.4, 0.5) is 24.5 Å². The van der Waals surface area contributed by atoms with Crippen LogP contribution in [0, 0.1) is 0 Å². The number of halogens is 4. The maximum atomic E-state index is 13.2. The van der Waals surface area contributed by atoms with Crippen molar-refractivity contribution in [3.8, 4) is 0 Å². The van der Waals surface area contributed by atoms with Crippen molar-refractivity contribution in [1.29, 1.82) is 0 Å². The van der Waals surface area contributed by atoms with Crippen molar-refractivity contribution in [2.24, 2.45) is 5.73 Å². The third-order valence-corrected chi connectivity index (χ3v) is 8.80. The molecule has 0 aliphatic carbocycles. The maximum absolute atomic E-state index is 13.2. The number of nitrogens with zero attached hydrogens (tertiary/aromatic N) is 2. The molecule has 4 N–H and O–H groups in total. The van der Waals surface area contributed by atoms with Crippen LogP contribution >= 0.6 is 11.6 Å². The molecule has 0 spiro atoms. The Hall–Kier alpha value is -3.16. The van der Waals surface area contributed by atoms with E-state index < -0.39 is 21.8 Å². The van der Waals surface area contributed by atoms with Gasteiger partial charge in [-0.05, 0) is 79.7 Å². The van der Waals surface area contributed by atoms with Gasteiger partial charge in [-0.1, -0.05) is 23.7 Å². The second-order valence-corrected chi connectivity index (χ2v) is 12.0. The zero-order valence-corrected chi connectivity index (χ0v) is 23.7. The zero-order chi connectivity index (χ0) is 29.6. The largest absolute Gasteiger partial charge is 0.416 e. The third-order valence-electron chi connectivity index (χ3n) is 6.67. The van der Waals surface area contributed by atoms with Gasteiger partial charge in [0.1, 0.15) is 0 Å². The molecular weight excluding hydrogens is 579 g/mol. The fraction of sp³-hybridized carbons (Fsp3) is 0.321. The number of hydrogen-bond donors (Lipinski definition) is 3. The van der Waals surface area contributed by atoms with E-state index >= 15 is 0 Å². The number of amides is 1.